The number of hydrogen-bond donors (Lipinski definition) is 1. The first-order valence-corrected chi connectivity index (χ1v) is 14.8. The number of hydrogen-bond acceptors (Lipinski definition) is 7. The van der Waals surface area contributed by atoms with Crippen molar-refractivity contribution >= 4 is 28.1 Å². The van der Waals surface area contributed by atoms with Crippen molar-refractivity contribution in [3.8, 4) is 5.75 Å². The van der Waals surface area contributed by atoms with Gasteiger partial charge in [0.05, 0.1) is 11.4 Å². The van der Waals surface area contributed by atoms with Crippen molar-refractivity contribution in [1.82, 2.24) is 9.88 Å². The molecule has 220 valence electrons. The second-order valence-electron chi connectivity index (χ2n) is 11.7. The molecular formula is C35H42N4O3. The monoisotopic (exact) mass is 566 g/mol. The number of pyridine rings is 1. The zero-order chi connectivity index (χ0) is 29.6. The summed E-state index contributed by atoms with van der Waals surface area (Å²) in [4.78, 5) is 24.9. The summed E-state index contributed by atoms with van der Waals surface area (Å²) < 4.78 is 5.98. The number of aromatic nitrogens is 1. The van der Waals surface area contributed by atoms with Crippen molar-refractivity contribution in [2.75, 3.05) is 64.2 Å². The van der Waals surface area contributed by atoms with Crippen molar-refractivity contribution < 1.29 is 14.6 Å². The van der Waals surface area contributed by atoms with Gasteiger partial charge in [-0.2, -0.15) is 0 Å². The van der Waals surface area contributed by atoms with E-state index in [-0.39, 0.29) is 24.2 Å². The zero-order valence-electron chi connectivity index (χ0n) is 25.1. The topological polar surface area (TPSA) is 69.1 Å². The Morgan fingerprint density at radius 3 is 2.05 bits per heavy atom. The fraction of sp³-hybridized carbons (Fsp3) is 0.371. The van der Waals surface area contributed by atoms with Gasteiger partial charge >= 0.3 is 0 Å². The molecule has 0 bridgehead atoms. The van der Waals surface area contributed by atoms with Gasteiger partial charge in [0, 0.05) is 63.6 Å². The number of rotatable bonds is 11. The smallest absolute Gasteiger partial charge is 0.147 e. The van der Waals surface area contributed by atoms with Crippen molar-refractivity contribution in [3.05, 3.63) is 96.2 Å². The van der Waals surface area contributed by atoms with Crippen molar-refractivity contribution in [3.63, 3.8) is 0 Å². The molecule has 1 fully saturated rings. The summed E-state index contributed by atoms with van der Waals surface area (Å²) in [6.45, 7) is 2.28. The van der Waals surface area contributed by atoms with E-state index in [9.17, 15) is 9.90 Å². The molecular weight excluding hydrogens is 524 g/mol. The van der Waals surface area contributed by atoms with Crippen molar-refractivity contribution in [1.29, 1.82) is 0 Å². The highest BCUT2D eigenvalue weighted by Gasteiger charge is 2.32. The Hall–Kier alpha value is -3.94. The molecule has 7 nitrogen and oxygen atoms in total. The van der Waals surface area contributed by atoms with E-state index in [1.165, 1.54) is 0 Å². The number of ether oxygens (including phenoxy) is 1. The van der Waals surface area contributed by atoms with E-state index < -0.39 is 6.10 Å². The number of carbonyl (C=O) groups excluding carboxylic acids is 1. The van der Waals surface area contributed by atoms with Gasteiger partial charge in [-0.3, -0.25) is 9.78 Å². The summed E-state index contributed by atoms with van der Waals surface area (Å²) in [6.07, 6.45) is 2.70. The first kappa shape index (κ1) is 29.5. The average Bonchev–Trinajstić information content (AvgIpc) is 3.01. The van der Waals surface area contributed by atoms with Gasteiger partial charge < -0.3 is 24.5 Å². The van der Waals surface area contributed by atoms with Gasteiger partial charge in [-0.05, 0) is 85.6 Å². The molecule has 42 heavy (non-hydrogen) atoms. The number of nitrogens with zero attached hydrogens (tertiary/aromatic N) is 4. The minimum Gasteiger partial charge on any atom is -0.490 e. The standard InChI is InChI=1S/C35H42N4O3/c1-37(2)28-14-10-25(11-15-28)34(26-12-16-29(17-13-26)38(3)4)35(41)27-18-21-39(22-19-27)23-30(40)24-42-33-9-5-8-32-31(33)7-6-20-36-32/h5-17,20,27,30,34,40H,18-19,21-24H2,1-4H3. The van der Waals surface area contributed by atoms with Crippen LogP contribution in [0.3, 0.4) is 0 Å². The van der Waals surface area contributed by atoms with E-state index in [1.807, 2.05) is 58.5 Å². The maximum atomic E-state index is 14.1. The first-order chi connectivity index (χ1) is 20.3. The highest BCUT2D eigenvalue weighted by Crippen LogP contribution is 2.34. The number of fused-ring (bicyclic) bond motifs is 1. The SMILES string of the molecule is CN(C)c1ccc(C(C(=O)C2CCN(CC(O)COc3cccc4ncccc34)CC2)c2ccc(N(C)C)cc2)cc1. The van der Waals surface area contributed by atoms with Crippen LogP contribution in [0.2, 0.25) is 0 Å². The Balaban J connectivity index is 1.21. The number of Topliss-reactive ketones (excluding diaryl/α,β-unsaturated/α-hetero) is 1. The molecule has 5 rings (SSSR count). The van der Waals surface area contributed by atoms with Gasteiger partial charge in [0.25, 0.3) is 0 Å². The summed E-state index contributed by atoms with van der Waals surface area (Å²) in [7, 11) is 8.09. The Bertz CT molecular complexity index is 1410. The van der Waals surface area contributed by atoms with Crippen LogP contribution < -0.4 is 14.5 Å². The molecule has 3 aromatic carbocycles. The minimum absolute atomic E-state index is 0.0233. The summed E-state index contributed by atoms with van der Waals surface area (Å²) in [6, 6.07) is 26.4. The van der Waals surface area contributed by atoms with Gasteiger partial charge in [-0.25, -0.2) is 0 Å². The molecule has 1 aliphatic rings. The highest BCUT2D eigenvalue weighted by atomic mass is 16.5. The number of ketones is 1. The fourth-order valence-electron chi connectivity index (χ4n) is 5.82. The molecule has 1 saturated heterocycles. The molecule has 1 aliphatic heterocycles. The molecule has 4 aromatic rings. The Kier molecular flexibility index (Phi) is 9.40. The Labute approximate surface area is 249 Å². The third-order valence-corrected chi connectivity index (χ3v) is 8.27. The first-order valence-electron chi connectivity index (χ1n) is 14.8. The van der Waals surface area contributed by atoms with Crippen LogP contribution in [0.4, 0.5) is 11.4 Å². The summed E-state index contributed by atoms with van der Waals surface area (Å²) in [5.74, 6) is 0.679. The van der Waals surface area contributed by atoms with Crippen LogP contribution >= 0.6 is 0 Å². The number of piperidine rings is 1. The fourth-order valence-corrected chi connectivity index (χ4v) is 5.82. The number of aliphatic hydroxyl groups is 1. The maximum Gasteiger partial charge on any atom is 0.147 e. The molecule has 1 N–H and O–H groups in total. The number of aliphatic hydroxyl groups excluding tert-OH is 1. The number of β-amino-alcohol motifs (C(OH)–C–C–N with tert-alkyl or cyclic N) is 1. The van der Waals surface area contributed by atoms with Crippen molar-refractivity contribution in [2.24, 2.45) is 5.92 Å². The molecule has 0 spiro atoms. The van der Waals surface area contributed by atoms with E-state index >= 15 is 0 Å². The summed E-state index contributed by atoms with van der Waals surface area (Å²) in [5, 5.41) is 11.7. The van der Waals surface area contributed by atoms with Crippen LogP contribution in [0.5, 0.6) is 5.75 Å². The number of likely N-dealkylation sites (tertiary alicyclic amines) is 1. The van der Waals surface area contributed by atoms with Crippen LogP contribution in [-0.2, 0) is 4.79 Å². The highest BCUT2D eigenvalue weighted by molar-refractivity contribution is 5.91. The lowest BCUT2D eigenvalue weighted by Crippen LogP contribution is -2.42. The number of carbonyl (C=O) groups is 1. The molecule has 0 amide bonds. The molecule has 7 heteroatoms. The van der Waals surface area contributed by atoms with Crippen LogP contribution in [0.15, 0.2) is 85.1 Å². The van der Waals surface area contributed by atoms with Gasteiger partial charge in [0.1, 0.15) is 24.2 Å². The van der Waals surface area contributed by atoms with E-state index in [2.05, 4.69) is 68.2 Å². The molecule has 2 heterocycles. The lowest BCUT2D eigenvalue weighted by molar-refractivity contribution is -0.125. The maximum absolute atomic E-state index is 14.1. The average molecular weight is 567 g/mol. The van der Waals surface area contributed by atoms with Gasteiger partial charge in [0.2, 0.25) is 0 Å². The van der Waals surface area contributed by atoms with Crippen LogP contribution in [0.25, 0.3) is 10.9 Å². The number of anilines is 2. The van der Waals surface area contributed by atoms with Gasteiger partial charge in [0.15, 0.2) is 0 Å². The predicted octanol–water partition coefficient (Wildman–Crippen LogP) is 5.22. The Morgan fingerprint density at radius 1 is 0.881 bits per heavy atom. The lowest BCUT2D eigenvalue weighted by atomic mass is 9.79. The van der Waals surface area contributed by atoms with E-state index in [4.69, 9.17) is 4.74 Å². The van der Waals surface area contributed by atoms with Gasteiger partial charge in [-0.1, -0.05) is 30.3 Å². The molecule has 1 aromatic heterocycles. The Morgan fingerprint density at radius 2 is 1.48 bits per heavy atom. The summed E-state index contributed by atoms with van der Waals surface area (Å²) in [5.41, 5.74) is 5.15. The molecule has 0 radical (unpaired) electrons. The molecule has 0 aliphatic carbocycles. The lowest BCUT2D eigenvalue weighted by Gasteiger charge is -2.34. The van der Waals surface area contributed by atoms with Gasteiger partial charge in [-0.15, -0.1) is 0 Å². The normalized spacial score (nSPS) is 15.1. The second kappa shape index (κ2) is 13.4. The zero-order valence-corrected chi connectivity index (χ0v) is 25.1. The summed E-state index contributed by atoms with van der Waals surface area (Å²) >= 11 is 0. The minimum atomic E-state index is -0.623. The van der Waals surface area contributed by atoms with Crippen molar-refractivity contribution in [2.45, 2.75) is 24.9 Å². The van der Waals surface area contributed by atoms with Crippen LogP contribution in [-0.4, -0.2) is 81.3 Å². The number of benzene rings is 3. The second-order valence-corrected chi connectivity index (χ2v) is 11.7. The predicted molar refractivity (Wildman–Crippen MR) is 171 cm³/mol. The van der Waals surface area contributed by atoms with E-state index in [0.29, 0.717) is 6.54 Å². The van der Waals surface area contributed by atoms with Crippen LogP contribution in [0, 0.1) is 5.92 Å². The molecule has 1 atom stereocenters. The molecule has 0 saturated carbocycles. The largest absolute Gasteiger partial charge is 0.490 e. The van der Waals surface area contributed by atoms with Crippen LogP contribution in [0.1, 0.15) is 29.9 Å². The van der Waals surface area contributed by atoms with E-state index in [1.54, 1.807) is 6.20 Å². The third kappa shape index (κ3) is 6.92. The third-order valence-electron chi connectivity index (χ3n) is 8.27. The van der Waals surface area contributed by atoms with E-state index in [0.717, 1.165) is 65.1 Å². The quantitative estimate of drug-likeness (QED) is 0.267. The molecule has 1 unspecified atom stereocenters.